The molecule has 0 aromatic carbocycles. The van der Waals surface area contributed by atoms with Gasteiger partial charge in [0.05, 0.1) is 0 Å². The minimum atomic E-state index is 1.27. The molecule has 14 heavy (non-hydrogen) atoms. The Kier molecular flexibility index (Phi) is 5.74. The molecule has 1 N–H and O–H groups in total. The van der Waals surface area contributed by atoms with E-state index in [1.807, 2.05) is 0 Å². The smallest absolute Gasteiger partial charge is 0.00931 e. The second-order valence-corrected chi connectivity index (χ2v) is 4.48. The summed E-state index contributed by atoms with van der Waals surface area (Å²) in [5, 5.41) is 3.37. The van der Waals surface area contributed by atoms with Gasteiger partial charge in [-0.2, -0.15) is 0 Å². The van der Waals surface area contributed by atoms with Gasteiger partial charge in [0.1, 0.15) is 0 Å². The van der Waals surface area contributed by atoms with Crippen molar-refractivity contribution in [3.05, 3.63) is 11.3 Å². The Morgan fingerprint density at radius 2 is 1.29 bits per heavy atom. The summed E-state index contributed by atoms with van der Waals surface area (Å²) in [6.45, 7) is 2.30. The minimum absolute atomic E-state index is 1.27. The summed E-state index contributed by atoms with van der Waals surface area (Å²) in [5.74, 6) is 0. The third kappa shape index (κ3) is 4.17. The fraction of sp³-hybridized carbons (Fsp3) is 0.846. The van der Waals surface area contributed by atoms with Crippen LogP contribution in [0.5, 0.6) is 0 Å². The van der Waals surface area contributed by atoms with Crippen molar-refractivity contribution in [1.29, 1.82) is 0 Å². The van der Waals surface area contributed by atoms with Crippen LogP contribution in [0.2, 0.25) is 0 Å². The molecule has 0 saturated heterocycles. The van der Waals surface area contributed by atoms with E-state index in [-0.39, 0.29) is 0 Å². The molecule has 0 heterocycles. The molecular formula is C13H25N. The first-order chi connectivity index (χ1) is 6.84. The molecular weight excluding hydrogens is 170 g/mol. The van der Waals surface area contributed by atoms with E-state index in [4.69, 9.17) is 0 Å². The summed E-state index contributed by atoms with van der Waals surface area (Å²) in [7, 11) is 2.07. The van der Waals surface area contributed by atoms with Gasteiger partial charge in [-0.3, -0.25) is 0 Å². The SMILES string of the molecule is CN/C1=C(\C)CCCCCCCCC1. The van der Waals surface area contributed by atoms with Crippen LogP contribution in [0.1, 0.15) is 64.7 Å². The van der Waals surface area contributed by atoms with Crippen LogP contribution in [0.25, 0.3) is 0 Å². The predicted molar refractivity (Wildman–Crippen MR) is 63.3 cm³/mol. The highest BCUT2D eigenvalue weighted by Crippen LogP contribution is 2.19. The summed E-state index contributed by atoms with van der Waals surface area (Å²) in [6.07, 6.45) is 12.5. The van der Waals surface area contributed by atoms with Gasteiger partial charge in [0.15, 0.2) is 0 Å². The molecule has 0 saturated carbocycles. The molecule has 0 aromatic heterocycles. The molecule has 0 fully saturated rings. The second-order valence-electron chi connectivity index (χ2n) is 4.48. The first-order valence-corrected chi connectivity index (χ1v) is 6.21. The Balaban J connectivity index is 2.48. The van der Waals surface area contributed by atoms with E-state index in [0.29, 0.717) is 0 Å². The number of allylic oxidation sites excluding steroid dienone is 2. The van der Waals surface area contributed by atoms with Gasteiger partial charge in [-0.1, -0.05) is 37.7 Å². The van der Waals surface area contributed by atoms with Gasteiger partial charge in [0.25, 0.3) is 0 Å². The van der Waals surface area contributed by atoms with Gasteiger partial charge in [0, 0.05) is 12.7 Å². The molecule has 1 aliphatic rings. The van der Waals surface area contributed by atoms with E-state index in [9.17, 15) is 0 Å². The summed E-state index contributed by atoms with van der Waals surface area (Å²) in [5.41, 5.74) is 3.10. The average Bonchev–Trinajstić information content (AvgIpc) is 2.24. The summed E-state index contributed by atoms with van der Waals surface area (Å²) < 4.78 is 0. The lowest BCUT2D eigenvalue weighted by molar-refractivity contribution is 0.585. The van der Waals surface area contributed by atoms with Crippen LogP contribution < -0.4 is 5.32 Å². The molecule has 82 valence electrons. The molecule has 0 bridgehead atoms. The van der Waals surface area contributed by atoms with Gasteiger partial charge in [-0.15, -0.1) is 0 Å². The lowest BCUT2D eigenvalue weighted by Gasteiger charge is -2.11. The molecule has 1 rings (SSSR count). The van der Waals surface area contributed by atoms with Crippen LogP contribution in [0.3, 0.4) is 0 Å². The van der Waals surface area contributed by atoms with Crippen molar-refractivity contribution >= 4 is 0 Å². The Morgan fingerprint density at radius 1 is 0.786 bits per heavy atom. The fourth-order valence-electron chi connectivity index (χ4n) is 2.28. The molecule has 1 nitrogen and oxygen atoms in total. The zero-order valence-corrected chi connectivity index (χ0v) is 9.86. The van der Waals surface area contributed by atoms with Crippen molar-refractivity contribution in [3.8, 4) is 0 Å². The lowest BCUT2D eigenvalue weighted by atomic mass is 10.0. The Labute approximate surface area is 89.0 Å². The second kappa shape index (κ2) is 6.92. The van der Waals surface area contributed by atoms with E-state index in [1.165, 1.54) is 63.5 Å². The maximum Gasteiger partial charge on any atom is 0.00931 e. The highest BCUT2D eigenvalue weighted by atomic mass is 14.8. The van der Waals surface area contributed by atoms with Crippen LogP contribution >= 0.6 is 0 Å². The third-order valence-electron chi connectivity index (χ3n) is 3.30. The van der Waals surface area contributed by atoms with Crippen molar-refractivity contribution in [2.45, 2.75) is 64.7 Å². The third-order valence-corrected chi connectivity index (χ3v) is 3.30. The molecule has 0 atom stereocenters. The fourth-order valence-corrected chi connectivity index (χ4v) is 2.28. The highest BCUT2D eigenvalue weighted by Gasteiger charge is 2.03. The molecule has 0 spiro atoms. The van der Waals surface area contributed by atoms with E-state index in [1.54, 1.807) is 5.57 Å². The standard InChI is InChI=1S/C13H25N/c1-12-10-8-6-4-3-5-7-9-11-13(12)14-2/h14H,3-11H2,1-2H3/b13-12+. The summed E-state index contributed by atoms with van der Waals surface area (Å²) in [6, 6.07) is 0. The predicted octanol–water partition coefficient (Wildman–Crippen LogP) is 4.00. The molecule has 0 aliphatic heterocycles. The first-order valence-electron chi connectivity index (χ1n) is 6.21. The van der Waals surface area contributed by atoms with E-state index >= 15 is 0 Å². The molecule has 0 radical (unpaired) electrons. The topological polar surface area (TPSA) is 12.0 Å². The number of hydrogen-bond acceptors (Lipinski definition) is 1. The zero-order chi connectivity index (χ0) is 10.2. The van der Waals surface area contributed by atoms with Crippen molar-refractivity contribution in [3.63, 3.8) is 0 Å². The first kappa shape index (κ1) is 11.6. The van der Waals surface area contributed by atoms with Gasteiger partial charge in [-0.25, -0.2) is 0 Å². The normalized spacial score (nSPS) is 26.7. The van der Waals surface area contributed by atoms with Crippen molar-refractivity contribution in [1.82, 2.24) is 5.32 Å². The van der Waals surface area contributed by atoms with Crippen LogP contribution in [-0.2, 0) is 0 Å². The zero-order valence-electron chi connectivity index (χ0n) is 9.86. The molecule has 1 aliphatic carbocycles. The van der Waals surface area contributed by atoms with Crippen molar-refractivity contribution in [2.75, 3.05) is 7.05 Å². The number of hydrogen-bond donors (Lipinski definition) is 1. The highest BCUT2D eigenvalue weighted by molar-refractivity contribution is 5.09. The Morgan fingerprint density at radius 3 is 1.86 bits per heavy atom. The van der Waals surface area contributed by atoms with E-state index in [2.05, 4.69) is 19.3 Å². The van der Waals surface area contributed by atoms with Crippen molar-refractivity contribution < 1.29 is 0 Å². The molecule has 1 heteroatoms. The maximum atomic E-state index is 3.37. The number of nitrogens with one attached hydrogen (secondary N) is 1. The summed E-state index contributed by atoms with van der Waals surface area (Å²) in [4.78, 5) is 0. The van der Waals surface area contributed by atoms with Gasteiger partial charge in [0.2, 0.25) is 0 Å². The van der Waals surface area contributed by atoms with Gasteiger partial charge < -0.3 is 5.32 Å². The lowest BCUT2D eigenvalue weighted by Crippen LogP contribution is -2.08. The Hall–Kier alpha value is -0.460. The van der Waals surface area contributed by atoms with Gasteiger partial charge >= 0.3 is 0 Å². The summed E-state index contributed by atoms with van der Waals surface area (Å²) >= 11 is 0. The maximum absolute atomic E-state index is 3.37. The molecule has 0 unspecified atom stereocenters. The van der Waals surface area contributed by atoms with Gasteiger partial charge in [-0.05, 0) is 32.6 Å². The van der Waals surface area contributed by atoms with Crippen LogP contribution in [-0.4, -0.2) is 7.05 Å². The van der Waals surface area contributed by atoms with E-state index < -0.39 is 0 Å². The monoisotopic (exact) mass is 195 g/mol. The van der Waals surface area contributed by atoms with Crippen LogP contribution in [0.15, 0.2) is 11.3 Å². The molecule has 0 amide bonds. The molecule has 0 aromatic rings. The van der Waals surface area contributed by atoms with E-state index in [0.717, 1.165) is 0 Å². The quantitative estimate of drug-likeness (QED) is 0.666. The number of rotatable bonds is 1. The average molecular weight is 195 g/mol. The van der Waals surface area contributed by atoms with Crippen LogP contribution in [0, 0.1) is 0 Å². The Bertz CT molecular complexity index is 182. The van der Waals surface area contributed by atoms with Crippen LogP contribution in [0.4, 0.5) is 0 Å². The van der Waals surface area contributed by atoms with Crippen molar-refractivity contribution in [2.24, 2.45) is 0 Å². The largest absolute Gasteiger partial charge is 0.391 e. The minimum Gasteiger partial charge on any atom is -0.391 e.